The minimum absolute atomic E-state index is 0.142. The maximum atomic E-state index is 13.1. The lowest BCUT2D eigenvalue weighted by atomic mass is 9.81. The molecule has 306 valence electrons. The van der Waals surface area contributed by atoms with Crippen molar-refractivity contribution < 1.29 is 94.5 Å². The van der Waals surface area contributed by atoms with E-state index < -0.39 is 122 Å². The summed E-state index contributed by atoms with van der Waals surface area (Å²) < 4.78 is 35.2. The van der Waals surface area contributed by atoms with Crippen molar-refractivity contribution in [1.29, 1.82) is 0 Å². The van der Waals surface area contributed by atoms with E-state index in [-0.39, 0.29) is 36.5 Å². The van der Waals surface area contributed by atoms with E-state index in [0.717, 1.165) is 6.08 Å². The summed E-state index contributed by atoms with van der Waals surface area (Å²) in [6.07, 6.45) is -20.2. The quantitative estimate of drug-likeness (QED) is 0.0566. The molecule has 2 saturated heterocycles. The lowest BCUT2D eigenvalue weighted by Gasteiger charge is -2.48. The van der Waals surface area contributed by atoms with Gasteiger partial charge in [0.1, 0.15) is 48.8 Å². The molecule has 15 atom stereocenters. The van der Waals surface area contributed by atoms with E-state index in [0.29, 0.717) is 5.56 Å². The summed E-state index contributed by atoms with van der Waals surface area (Å²) in [5, 5.41) is 124. The van der Waals surface area contributed by atoms with Crippen molar-refractivity contribution in [3.8, 4) is 23.0 Å². The van der Waals surface area contributed by atoms with Gasteiger partial charge in [-0.3, -0.25) is 0 Å². The number of ether oxygens (including phenoxy) is 6. The first kappa shape index (κ1) is 42.5. The Bertz CT molecular complexity index is 1600. The molecule has 19 nitrogen and oxygen atoms in total. The summed E-state index contributed by atoms with van der Waals surface area (Å²) in [6.45, 7) is -0.149. The molecule has 2 aromatic carbocycles. The van der Waals surface area contributed by atoms with Crippen molar-refractivity contribution in [2.45, 2.75) is 106 Å². The summed E-state index contributed by atoms with van der Waals surface area (Å²) in [5.74, 6) is -3.54. The molecule has 1 unspecified atom stereocenters. The number of carbonyl (C=O) groups is 1. The third-order valence-electron chi connectivity index (χ3n) is 9.91. The van der Waals surface area contributed by atoms with Crippen LogP contribution in [-0.4, -0.2) is 173 Å². The maximum Gasteiger partial charge on any atom is 0.331 e. The highest BCUT2D eigenvalue weighted by Gasteiger charge is 2.54. The molecule has 12 N–H and O–H groups in total. The first-order valence-corrected chi connectivity index (χ1v) is 17.6. The molecule has 0 bridgehead atoms. The zero-order valence-electron chi connectivity index (χ0n) is 29.5. The number of aromatic hydroxyl groups is 4. The van der Waals surface area contributed by atoms with E-state index >= 15 is 0 Å². The fraction of sp³-hybridized carbons (Fsp3) is 0.583. The Balaban J connectivity index is 1.41. The summed E-state index contributed by atoms with van der Waals surface area (Å²) in [6, 6.07) is 7.85. The molecule has 55 heavy (non-hydrogen) atoms. The minimum atomic E-state index is -1.83. The second-order valence-electron chi connectivity index (χ2n) is 13.7. The molecule has 3 aliphatic rings. The number of rotatable bonds is 13. The largest absolute Gasteiger partial charge is 0.504 e. The van der Waals surface area contributed by atoms with Crippen molar-refractivity contribution in [2.75, 3.05) is 19.8 Å². The Labute approximate surface area is 314 Å². The number of esters is 1. The Morgan fingerprint density at radius 2 is 1.42 bits per heavy atom. The first-order chi connectivity index (χ1) is 26.1. The fourth-order valence-corrected chi connectivity index (χ4v) is 6.69. The standard InChI is InChI=1S/C36H48O19/c1-15-26(44)30(48)34(52-23-12-18(13-37)27(45)29(47)28(23)46)36(51-15)55-33-31(49)35(50-9-8-17-3-6-20(40)22(42)11-17)53-24(14-38)32(33)54-25(43)7-4-16-2-5-19(39)21(41)10-16/h2-7,10-11,15,18,23-24,26-42,44-49H,8-9,12-14H2,1H3/b7-4+/t15-,18+,23+,24+,26-,27-,28-,29-,30+,31+,32+,33?,34+,35+,36-/m0/s1. The van der Waals surface area contributed by atoms with Gasteiger partial charge in [-0.25, -0.2) is 4.79 Å². The van der Waals surface area contributed by atoms with Crippen LogP contribution in [0.25, 0.3) is 6.08 Å². The van der Waals surface area contributed by atoms with Gasteiger partial charge in [-0.1, -0.05) is 12.1 Å². The van der Waals surface area contributed by atoms with Crippen LogP contribution < -0.4 is 0 Å². The van der Waals surface area contributed by atoms with Crippen LogP contribution in [0.5, 0.6) is 23.0 Å². The van der Waals surface area contributed by atoms with Crippen LogP contribution in [-0.2, 0) is 39.6 Å². The highest BCUT2D eigenvalue weighted by Crippen LogP contribution is 2.36. The SMILES string of the molecule is C[C@@H]1O[C@@H](OC2[C@@H](O)[C@H](OCCc3ccc(O)c(O)c3)O[C@H](CO)[C@H]2OC(=O)/C=C/c2ccc(O)c(O)c2)[C@H](O[C@@H]2C[C@H](CO)[C@H](O)[C@H](O)[C@H]2O)[C@H](O)[C@H]1O. The average molecular weight is 785 g/mol. The fourth-order valence-electron chi connectivity index (χ4n) is 6.69. The van der Waals surface area contributed by atoms with Crippen molar-refractivity contribution in [3.05, 3.63) is 53.6 Å². The maximum absolute atomic E-state index is 13.1. The molecule has 2 aromatic rings. The second-order valence-corrected chi connectivity index (χ2v) is 13.7. The van der Waals surface area contributed by atoms with Gasteiger partial charge in [0.15, 0.2) is 41.7 Å². The first-order valence-electron chi connectivity index (χ1n) is 17.6. The van der Waals surface area contributed by atoms with Gasteiger partial charge in [-0.05, 0) is 61.2 Å². The van der Waals surface area contributed by atoms with Crippen LogP contribution in [0.3, 0.4) is 0 Å². The van der Waals surface area contributed by atoms with E-state index in [9.17, 15) is 66.1 Å². The molecule has 0 amide bonds. The Kier molecular flexibility index (Phi) is 14.3. The van der Waals surface area contributed by atoms with E-state index in [2.05, 4.69) is 0 Å². The Morgan fingerprint density at radius 3 is 2.07 bits per heavy atom. The van der Waals surface area contributed by atoms with Gasteiger partial charge >= 0.3 is 5.97 Å². The predicted molar refractivity (Wildman–Crippen MR) is 183 cm³/mol. The molecule has 19 heteroatoms. The highest BCUT2D eigenvalue weighted by atomic mass is 16.7. The third kappa shape index (κ3) is 9.84. The molecule has 0 spiro atoms. The minimum Gasteiger partial charge on any atom is -0.504 e. The van der Waals surface area contributed by atoms with Gasteiger partial charge in [0.25, 0.3) is 0 Å². The lowest BCUT2D eigenvalue weighted by molar-refractivity contribution is -0.367. The summed E-state index contributed by atoms with van der Waals surface area (Å²) in [7, 11) is 0. The number of aliphatic hydroxyl groups is 8. The number of aliphatic hydroxyl groups excluding tert-OH is 8. The van der Waals surface area contributed by atoms with Crippen LogP contribution in [0, 0.1) is 5.92 Å². The van der Waals surface area contributed by atoms with Crippen molar-refractivity contribution >= 4 is 12.0 Å². The molecule has 1 saturated carbocycles. The van der Waals surface area contributed by atoms with E-state index in [1.807, 2.05) is 0 Å². The van der Waals surface area contributed by atoms with Gasteiger partial charge in [0.2, 0.25) is 0 Å². The van der Waals surface area contributed by atoms with Gasteiger partial charge in [-0.2, -0.15) is 0 Å². The van der Waals surface area contributed by atoms with Crippen LogP contribution >= 0.6 is 0 Å². The number of benzene rings is 2. The molecule has 2 aliphatic heterocycles. The number of hydrogen-bond donors (Lipinski definition) is 12. The average Bonchev–Trinajstić information content (AvgIpc) is 3.16. The van der Waals surface area contributed by atoms with Crippen LogP contribution in [0.4, 0.5) is 0 Å². The molecule has 3 fully saturated rings. The van der Waals surface area contributed by atoms with E-state index in [1.165, 1.54) is 49.4 Å². The molecule has 5 rings (SSSR count). The van der Waals surface area contributed by atoms with Crippen LogP contribution in [0.1, 0.15) is 24.5 Å². The summed E-state index contributed by atoms with van der Waals surface area (Å²) in [4.78, 5) is 13.1. The third-order valence-corrected chi connectivity index (χ3v) is 9.91. The predicted octanol–water partition coefficient (Wildman–Crippen LogP) is -2.53. The van der Waals surface area contributed by atoms with Gasteiger partial charge in [0, 0.05) is 18.6 Å². The van der Waals surface area contributed by atoms with E-state index in [4.69, 9.17) is 28.4 Å². The van der Waals surface area contributed by atoms with Crippen molar-refractivity contribution in [3.63, 3.8) is 0 Å². The molecule has 2 heterocycles. The Morgan fingerprint density at radius 1 is 0.727 bits per heavy atom. The smallest absolute Gasteiger partial charge is 0.331 e. The van der Waals surface area contributed by atoms with Crippen LogP contribution in [0.2, 0.25) is 0 Å². The zero-order valence-corrected chi connectivity index (χ0v) is 29.5. The van der Waals surface area contributed by atoms with Crippen molar-refractivity contribution in [2.24, 2.45) is 5.92 Å². The summed E-state index contributed by atoms with van der Waals surface area (Å²) in [5.41, 5.74) is 0.827. The molecule has 1 aliphatic carbocycles. The highest BCUT2D eigenvalue weighted by molar-refractivity contribution is 5.87. The number of phenols is 4. The monoisotopic (exact) mass is 784 g/mol. The molecule has 0 aromatic heterocycles. The Hall–Kier alpha value is -3.67. The number of phenolic OH excluding ortho intramolecular Hbond substituents is 4. The lowest BCUT2D eigenvalue weighted by Crippen LogP contribution is -2.66. The molecule has 0 radical (unpaired) electrons. The van der Waals surface area contributed by atoms with Crippen LogP contribution in [0.15, 0.2) is 42.5 Å². The molecular formula is C36H48O19. The topological polar surface area (TPSA) is 315 Å². The number of carbonyl (C=O) groups excluding carboxylic acids is 1. The molecular weight excluding hydrogens is 736 g/mol. The van der Waals surface area contributed by atoms with E-state index in [1.54, 1.807) is 0 Å². The second kappa shape index (κ2) is 18.5. The van der Waals surface area contributed by atoms with Gasteiger partial charge in [-0.15, -0.1) is 0 Å². The zero-order chi connectivity index (χ0) is 40.1. The number of hydrogen-bond acceptors (Lipinski definition) is 19. The van der Waals surface area contributed by atoms with Gasteiger partial charge < -0.3 is 89.7 Å². The van der Waals surface area contributed by atoms with Gasteiger partial charge in [0.05, 0.1) is 31.5 Å². The summed E-state index contributed by atoms with van der Waals surface area (Å²) >= 11 is 0. The normalized spacial score (nSPS) is 36.9. The van der Waals surface area contributed by atoms with Crippen molar-refractivity contribution in [1.82, 2.24) is 0 Å².